The van der Waals surface area contributed by atoms with Gasteiger partial charge in [-0.15, -0.1) is 0 Å². The minimum atomic E-state index is -0.267. The van der Waals surface area contributed by atoms with Gasteiger partial charge >= 0.3 is 0 Å². The van der Waals surface area contributed by atoms with Crippen LogP contribution in [0.3, 0.4) is 0 Å². The zero-order chi connectivity index (χ0) is 13.2. The fourth-order valence-corrected chi connectivity index (χ4v) is 2.77. The third-order valence-electron chi connectivity index (χ3n) is 2.91. The van der Waals surface area contributed by atoms with Crippen molar-refractivity contribution in [2.45, 2.75) is 18.8 Å². The molecule has 0 bridgehead atoms. The maximum absolute atomic E-state index is 9.92. The molecule has 5 nitrogen and oxygen atoms in total. The van der Waals surface area contributed by atoms with Crippen LogP contribution in [0.15, 0.2) is 0 Å². The topological polar surface area (TPSA) is 51.2 Å². The molecule has 0 spiro atoms. The van der Waals surface area contributed by atoms with Gasteiger partial charge in [0.1, 0.15) is 0 Å². The number of methoxy groups -OCH3 is 2. The van der Waals surface area contributed by atoms with E-state index < -0.39 is 0 Å². The Morgan fingerprint density at radius 1 is 1.28 bits per heavy atom. The molecule has 1 fully saturated rings. The Balaban J connectivity index is 2.00. The van der Waals surface area contributed by atoms with Crippen LogP contribution in [0.5, 0.6) is 0 Å². The first-order valence-corrected chi connectivity index (χ1v) is 7.53. The van der Waals surface area contributed by atoms with Gasteiger partial charge in [0.2, 0.25) is 0 Å². The number of morpholine rings is 1. The molecule has 1 aliphatic heterocycles. The van der Waals surface area contributed by atoms with Crippen molar-refractivity contribution in [3.8, 4) is 0 Å². The number of aliphatic hydroxyl groups excluding tert-OH is 1. The summed E-state index contributed by atoms with van der Waals surface area (Å²) in [7, 11) is 3.29. The highest BCUT2D eigenvalue weighted by Gasteiger charge is 2.15. The molecular weight excluding hydrogens is 254 g/mol. The fourth-order valence-electron chi connectivity index (χ4n) is 1.87. The lowest BCUT2D eigenvalue weighted by molar-refractivity contribution is -0.102. The van der Waals surface area contributed by atoms with Crippen LogP contribution in [-0.2, 0) is 14.2 Å². The lowest BCUT2D eigenvalue weighted by Crippen LogP contribution is -2.41. The quantitative estimate of drug-likeness (QED) is 0.488. The number of aliphatic hydroxyl groups is 1. The molecule has 1 unspecified atom stereocenters. The average molecular weight is 279 g/mol. The van der Waals surface area contributed by atoms with Crippen LogP contribution in [0.2, 0.25) is 0 Å². The molecule has 1 atom stereocenters. The minimum Gasteiger partial charge on any atom is -0.391 e. The normalized spacial score (nSPS) is 19.3. The van der Waals surface area contributed by atoms with E-state index in [4.69, 9.17) is 14.2 Å². The molecule has 1 aliphatic rings. The van der Waals surface area contributed by atoms with Crippen molar-refractivity contribution in [1.82, 2.24) is 4.90 Å². The molecule has 1 N–H and O–H groups in total. The van der Waals surface area contributed by atoms with Crippen molar-refractivity contribution in [2.75, 3.05) is 58.6 Å². The number of rotatable bonds is 9. The second-order valence-electron chi connectivity index (χ2n) is 4.33. The monoisotopic (exact) mass is 279 g/mol. The molecule has 0 aliphatic carbocycles. The highest BCUT2D eigenvalue weighted by molar-refractivity contribution is 7.99. The number of β-amino-alcohol motifs (C(OH)–C–C–N with tert-alkyl or cyclic N) is 1. The van der Waals surface area contributed by atoms with Gasteiger partial charge in [-0.05, 0) is 5.75 Å². The first kappa shape index (κ1) is 16.2. The molecule has 0 amide bonds. The molecule has 1 saturated heterocycles. The van der Waals surface area contributed by atoms with Gasteiger partial charge in [0.05, 0.1) is 19.3 Å². The molecule has 1 heterocycles. The van der Waals surface area contributed by atoms with E-state index in [-0.39, 0.29) is 12.4 Å². The van der Waals surface area contributed by atoms with Crippen LogP contribution in [0, 0.1) is 0 Å². The Morgan fingerprint density at radius 3 is 2.56 bits per heavy atom. The Kier molecular flexibility index (Phi) is 9.00. The molecule has 18 heavy (non-hydrogen) atoms. The molecule has 0 radical (unpaired) electrons. The first-order valence-electron chi connectivity index (χ1n) is 6.37. The predicted octanol–water partition coefficient (Wildman–Crippen LogP) is 0.422. The van der Waals surface area contributed by atoms with Crippen LogP contribution in [0.25, 0.3) is 0 Å². The van der Waals surface area contributed by atoms with Crippen LogP contribution < -0.4 is 0 Å². The lowest BCUT2D eigenvalue weighted by Gasteiger charge is -2.28. The van der Waals surface area contributed by atoms with Gasteiger partial charge in [0.25, 0.3) is 0 Å². The van der Waals surface area contributed by atoms with Gasteiger partial charge in [0.15, 0.2) is 6.29 Å². The number of hydrogen-bond donors (Lipinski definition) is 1. The van der Waals surface area contributed by atoms with Crippen molar-refractivity contribution in [1.29, 1.82) is 0 Å². The van der Waals surface area contributed by atoms with Crippen LogP contribution in [0.1, 0.15) is 6.42 Å². The van der Waals surface area contributed by atoms with E-state index in [0.29, 0.717) is 0 Å². The Labute approximate surface area is 114 Å². The van der Waals surface area contributed by atoms with Gasteiger partial charge in [0, 0.05) is 46.0 Å². The van der Waals surface area contributed by atoms with E-state index >= 15 is 0 Å². The SMILES string of the molecule is COC(CCSCC(O)CN1CCOCC1)OC. The largest absolute Gasteiger partial charge is 0.391 e. The van der Waals surface area contributed by atoms with E-state index in [1.54, 1.807) is 26.0 Å². The number of hydrogen-bond acceptors (Lipinski definition) is 6. The zero-order valence-electron chi connectivity index (χ0n) is 11.3. The summed E-state index contributed by atoms with van der Waals surface area (Å²) in [5.74, 6) is 1.70. The van der Waals surface area contributed by atoms with Crippen molar-refractivity contribution in [2.24, 2.45) is 0 Å². The molecule has 6 heteroatoms. The molecule has 0 aromatic heterocycles. The summed E-state index contributed by atoms with van der Waals surface area (Å²) in [5.41, 5.74) is 0. The van der Waals surface area contributed by atoms with Crippen LogP contribution >= 0.6 is 11.8 Å². The summed E-state index contributed by atoms with van der Waals surface area (Å²) < 4.78 is 15.5. The number of thioether (sulfide) groups is 1. The van der Waals surface area contributed by atoms with E-state index in [1.165, 1.54) is 0 Å². The number of nitrogens with zero attached hydrogens (tertiary/aromatic N) is 1. The molecular formula is C12H25NO4S. The van der Waals surface area contributed by atoms with Crippen molar-refractivity contribution in [3.63, 3.8) is 0 Å². The second kappa shape index (κ2) is 10.00. The smallest absolute Gasteiger partial charge is 0.157 e. The van der Waals surface area contributed by atoms with Gasteiger partial charge < -0.3 is 19.3 Å². The highest BCUT2D eigenvalue weighted by Crippen LogP contribution is 2.10. The van der Waals surface area contributed by atoms with Crippen molar-refractivity contribution in [3.05, 3.63) is 0 Å². The third-order valence-corrected chi connectivity index (χ3v) is 4.05. The minimum absolute atomic E-state index is 0.131. The number of ether oxygens (including phenoxy) is 3. The summed E-state index contributed by atoms with van der Waals surface area (Å²) in [6.07, 6.45) is 0.451. The van der Waals surface area contributed by atoms with E-state index in [2.05, 4.69) is 4.90 Å². The van der Waals surface area contributed by atoms with Crippen LogP contribution in [0.4, 0.5) is 0 Å². The third kappa shape index (κ3) is 6.92. The zero-order valence-corrected chi connectivity index (χ0v) is 12.2. The summed E-state index contributed by atoms with van der Waals surface area (Å²) in [6, 6.07) is 0. The molecule has 0 aromatic rings. The maximum atomic E-state index is 9.92. The van der Waals surface area contributed by atoms with E-state index in [1.807, 2.05) is 0 Å². The Morgan fingerprint density at radius 2 is 1.94 bits per heavy atom. The first-order chi connectivity index (χ1) is 8.76. The standard InChI is InChI=1S/C12H25NO4S/c1-15-12(16-2)3-8-18-10-11(14)9-13-4-6-17-7-5-13/h11-12,14H,3-10H2,1-2H3. The van der Waals surface area contributed by atoms with Gasteiger partial charge in [-0.2, -0.15) is 11.8 Å². The molecule has 1 rings (SSSR count). The molecule has 108 valence electrons. The average Bonchev–Trinajstić information content (AvgIpc) is 2.40. The van der Waals surface area contributed by atoms with Crippen molar-refractivity contribution < 1.29 is 19.3 Å². The second-order valence-corrected chi connectivity index (χ2v) is 5.48. The van der Waals surface area contributed by atoms with Gasteiger partial charge in [-0.1, -0.05) is 0 Å². The van der Waals surface area contributed by atoms with Crippen LogP contribution in [-0.4, -0.2) is 81.0 Å². The van der Waals surface area contributed by atoms with E-state index in [9.17, 15) is 5.11 Å². The van der Waals surface area contributed by atoms with Gasteiger partial charge in [-0.25, -0.2) is 0 Å². The Bertz CT molecular complexity index is 199. The maximum Gasteiger partial charge on any atom is 0.157 e. The Hall–Kier alpha value is 0.150. The highest BCUT2D eigenvalue weighted by atomic mass is 32.2. The van der Waals surface area contributed by atoms with Gasteiger partial charge in [-0.3, -0.25) is 4.90 Å². The van der Waals surface area contributed by atoms with E-state index in [0.717, 1.165) is 50.8 Å². The predicted molar refractivity (Wildman–Crippen MR) is 73.0 cm³/mol. The molecule has 0 aromatic carbocycles. The fraction of sp³-hybridized carbons (Fsp3) is 1.00. The summed E-state index contributed by atoms with van der Waals surface area (Å²) in [4.78, 5) is 2.25. The van der Waals surface area contributed by atoms with Crippen molar-refractivity contribution >= 4 is 11.8 Å². The summed E-state index contributed by atoms with van der Waals surface area (Å²) in [5, 5.41) is 9.92. The molecule has 0 saturated carbocycles. The lowest BCUT2D eigenvalue weighted by atomic mass is 10.3. The summed E-state index contributed by atoms with van der Waals surface area (Å²) in [6.45, 7) is 4.16. The summed E-state index contributed by atoms with van der Waals surface area (Å²) >= 11 is 1.74.